The highest BCUT2D eigenvalue weighted by Gasteiger charge is 2.26. The Labute approximate surface area is 167 Å². The molecule has 146 valence electrons. The summed E-state index contributed by atoms with van der Waals surface area (Å²) >= 11 is 0. The van der Waals surface area contributed by atoms with E-state index >= 15 is 0 Å². The monoisotopic (exact) mass is 388 g/mol. The van der Waals surface area contributed by atoms with Gasteiger partial charge in [-0.2, -0.15) is 10.1 Å². The standard InChI is InChI=1S/C21H20N6O2/c1-13-20(21-24-14(2)29-25-21)17-7-8-26(11-16(17)9-22-13)19(28)12-27-18-6-4-3-5-15(18)10-23-27/h3-6,9-10H,7-8,11-12H2,1-2H3. The molecule has 0 unspecified atom stereocenters. The molecule has 0 saturated carbocycles. The van der Waals surface area contributed by atoms with Crippen LogP contribution in [0.15, 0.2) is 41.2 Å². The second-order valence-electron chi connectivity index (χ2n) is 7.29. The highest BCUT2D eigenvalue weighted by Crippen LogP contribution is 2.30. The Bertz CT molecular complexity index is 1230. The van der Waals surface area contributed by atoms with Gasteiger partial charge >= 0.3 is 0 Å². The fraction of sp³-hybridized carbons (Fsp3) is 0.286. The fourth-order valence-electron chi connectivity index (χ4n) is 3.94. The molecule has 1 amide bonds. The topological polar surface area (TPSA) is 89.9 Å². The quantitative estimate of drug-likeness (QED) is 0.536. The number of aryl methyl sites for hydroxylation is 2. The molecule has 4 aromatic rings. The third-order valence-corrected chi connectivity index (χ3v) is 5.40. The number of hydrogen-bond donors (Lipinski definition) is 0. The molecule has 0 atom stereocenters. The van der Waals surface area contributed by atoms with Gasteiger partial charge in [-0.1, -0.05) is 23.4 Å². The fourth-order valence-corrected chi connectivity index (χ4v) is 3.94. The van der Waals surface area contributed by atoms with E-state index in [0.29, 0.717) is 24.8 Å². The molecule has 4 heterocycles. The van der Waals surface area contributed by atoms with Crippen LogP contribution < -0.4 is 0 Å². The number of rotatable bonds is 3. The van der Waals surface area contributed by atoms with Gasteiger partial charge in [-0.05, 0) is 30.5 Å². The molecule has 0 bridgehead atoms. The molecular formula is C21H20N6O2. The number of hydrogen-bond acceptors (Lipinski definition) is 6. The first-order valence-corrected chi connectivity index (χ1v) is 9.56. The first kappa shape index (κ1) is 17.5. The van der Waals surface area contributed by atoms with E-state index in [2.05, 4.69) is 20.2 Å². The van der Waals surface area contributed by atoms with Gasteiger partial charge in [-0.3, -0.25) is 14.5 Å². The second kappa shape index (κ2) is 6.80. The molecule has 0 fully saturated rings. The third-order valence-electron chi connectivity index (χ3n) is 5.40. The lowest BCUT2D eigenvalue weighted by Gasteiger charge is -2.30. The van der Waals surface area contributed by atoms with Crippen molar-refractivity contribution in [1.29, 1.82) is 0 Å². The van der Waals surface area contributed by atoms with Crippen LogP contribution >= 0.6 is 0 Å². The van der Waals surface area contributed by atoms with E-state index in [4.69, 9.17) is 4.52 Å². The maximum absolute atomic E-state index is 12.9. The van der Waals surface area contributed by atoms with Crippen LogP contribution in [0.3, 0.4) is 0 Å². The van der Waals surface area contributed by atoms with Gasteiger partial charge < -0.3 is 9.42 Å². The minimum Gasteiger partial charge on any atom is -0.339 e. The van der Waals surface area contributed by atoms with Gasteiger partial charge in [0.1, 0.15) is 6.54 Å². The molecule has 1 aliphatic rings. The lowest BCUT2D eigenvalue weighted by atomic mass is 9.94. The summed E-state index contributed by atoms with van der Waals surface area (Å²) in [5, 5.41) is 9.47. The molecule has 0 N–H and O–H groups in total. The van der Waals surface area contributed by atoms with Crippen LogP contribution in [0, 0.1) is 13.8 Å². The van der Waals surface area contributed by atoms with Crippen molar-refractivity contribution in [2.75, 3.05) is 6.54 Å². The average molecular weight is 388 g/mol. The van der Waals surface area contributed by atoms with Gasteiger partial charge in [-0.15, -0.1) is 0 Å². The second-order valence-corrected chi connectivity index (χ2v) is 7.29. The number of pyridine rings is 1. The number of aromatic nitrogens is 5. The Hall–Kier alpha value is -3.55. The van der Waals surface area contributed by atoms with Gasteiger partial charge in [0.2, 0.25) is 17.6 Å². The van der Waals surface area contributed by atoms with Crippen molar-refractivity contribution < 1.29 is 9.32 Å². The van der Waals surface area contributed by atoms with Crippen molar-refractivity contribution in [3.05, 3.63) is 59.4 Å². The zero-order chi connectivity index (χ0) is 20.0. The first-order valence-electron chi connectivity index (χ1n) is 9.56. The summed E-state index contributed by atoms with van der Waals surface area (Å²) in [5.74, 6) is 1.13. The Morgan fingerprint density at radius 2 is 2.07 bits per heavy atom. The molecule has 5 rings (SSSR count). The Balaban J connectivity index is 1.40. The summed E-state index contributed by atoms with van der Waals surface area (Å²) in [4.78, 5) is 23.7. The zero-order valence-corrected chi connectivity index (χ0v) is 16.3. The molecule has 8 heteroatoms. The molecule has 0 saturated heterocycles. The predicted molar refractivity (Wildman–Crippen MR) is 106 cm³/mol. The molecular weight excluding hydrogens is 368 g/mol. The number of carbonyl (C=O) groups excluding carboxylic acids is 1. The van der Waals surface area contributed by atoms with Crippen molar-refractivity contribution in [2.24, 2.45) is 0 Å². The van der Waals surface area contributed by atoms with E-state index in [1.165, 1.54) is 0 Å². The van der Waals surface area contributed by atoms with Crippen LogP contribution in [0.4, 0.5) is 0 Å². The van der Waals surface area contributed by atoms with Crippen molar-refractivity contribution >= 4 is 16.8 Å². The highest BCUT2D eigenvalue weighted by atomic mass is 16.5. The van der Waals surface area contributed by atoms with E-state index < -0.39 is 0 Å². The molecule has 0 radical (unpaired) electrons. The van der Waals surface area contributed by atoms with Crippen molar-refractivity contribution in [2.45, 2.75) is 33.4 Å². The van der Waals surface area contributed by atoms with E-state index in [-0.39, 0.29) is 12.5 Å². The Kier molecular flexibility index (Phi) is 4.12. The summed E-state index contributed by atoms with van der Waals surface area (Å²) in [6.45, 7) is 5.09. The van der Waals surface area contributed by atoms with E-state index in [1.54, 1.807) is 17.8 Å². The Morgan fingerprint density at radius 3 is 2.90 bits per heavy atom. The van der Waals surface area contributed by atoms with Gasteiger partial charge in [0, 0.05) is 42.9 Å². The summed E-state index contributed by atoms with van der Waals surface area (Å²) < 4.78 is 6.91. The number of amides is 1. The van der Waals surface area contributed by atoms with Crippen LogP contribution in [0.1, 0.15) is 22.7 Å². The van der Waals surface area contributed by atoms with Crippen LogP contribution in [0.2, 0.25) is 0 Å². The Morgan fingerprint density at radius 1 is 1.21 bits per heavy atom. The van der Waals surface area contributed by atoms with E-state index in [0.717, 1.165) is 39.7 Å². The van der Waals surface area contributed by atoms with Crippen LogP contribution in [-0.2, 0) is 24.3 Å². The minimum absolute atomic E-state index is 0.0435. The highest BCUT2D eigenvalue weighted by molar-refractivity contribution is 5.82. The lowest BCUT2D eigenvalue weighted by molar-refractivity contribution is -0.132. The van der Waals surface area contributed by atoms with E-state index in [1.807, 2.05) is 42.3 Å². The summed E-state index contributed by atoms with van der Waals surface area (Å²) in [6.07, 6.45) is 4.37. The molecule has 0 aliphatic carbocycles. The predicted octanol–water partition coefficient (Wildman–Crippen LogP) is 2.68. The molecule has 1 aromatic carbocycles. The van der Waals surface area contributed by atoms with Crippen LogP contribution in [0.25, 0.3) is 22.3 Å². The first-order chi connectivity index (χ1) is 14.1. The van der Waals surface area contributed by atoms with Crippen LogP contribution in [0.5, 0.6) is 0 Å². The maximum atomic E-state index is 12.9. The van der Waals surface area contributed by atoms with Gasteiger partial charge in [0.05, 0.1) is 11.7 Å². The van der Waals surface area contributed by atoms with Crippen LogP contribution in [-0.4, -0.2) is 42.3 Å². The normalized spacial score (nSPS) is 13.7. The van der Waals surface area contributed by atoms with Crippen molar-refractivity contribution in [3.8, 4) is 11.4 Å². The molecule has 3 aromatic heterocycles. The number of nitrogens with zero attached hydrogens (tertiary/aromatic N) is 6. The van der Waals surface area contributed by atoms with Crippen molar-refractivity contribution in [1.82, 2.24) is 29.8 Å². The number of para-hydroxylation sites is 1. The zero-order valence-electron chi connectivity index (χ0n) is 16.3. The largest absolute Gasteiger partial charge is 0.339 e. The molecule has 1 aliphatic heterocycles. The molecule has 8 nitrogen and oxygen atoms in total. The number of benzene rings is 1. The van der Waals surface area contributed by atoms with Gasteiger partial charge in [0.25, 0.3) is 0 Å². The smallest absolute Gasteiger partial charge is 0.244 e. The maximum Gasteiger partial charge on any atom is 0.244 e. The SMILES string of the molecule is Cc1nc(-c2c(C)ncc3c2CCN(C(=O)Cn2ncc4ccccc42)C3)no1. The summed E-state index contributed by atoms with van der Waals surface area (Å²) in [7, 11) is 0. The molecule has 29 heavy (non-hydrogen) atoms. The van der Waals surface area contributed by atoms with Crippen molar-refractivity contribution in [3.63, 3.8) is 0 Å². The van der Waals surface area contributed by atoms with Gasteiger partial charge in [0.15, 0.2) is 0 Å². The summed E-state index contributed by atoms with van der Waals surface area (Å²) in [5.41, 5.74) is 4.92. The van der Waals surface area contributed by atoms with E-state index in [9.17, 15) is 4.79 Å². The average Bonchev–Trinajstić information content (AvgIpc) is 3.34. The number of fused-ring (bicyclic) bond motifs is 2. The number of carbonyl (C=O) groups is 1. The summed E-state index contributed by atoms with van der Waals surface area (Å²) in [6, 6.07) is 7.90. The molecule has 0 spiro atoms. The third kappa shape index (κ3) is 3.06. The lowest BCUT2D eigenvalue weighted by Crippen LogP contribution is -2.38. The van der Waals surface area contributed by atoms with Gasteiger partial charge in [-0.25, -0.2) is 0 Å². The minimum atomic E-state index is 0.0435.